The highest BCUT2D eigenvalue weighted by Crippen LogP contribution is 2.22. The van der Waals surface area contributed by atoms with Crippen molar-refractivity contribution in [1.82, 2.24) is 34.8 Å². The predicted octanol–water partition coefficient (Wildman–Crippen LogP) is 0.887. The van der Waals surface area contributed by atoms with Gasteiger partial charge in [-0.25, -0.2) is 4.99 Å². The summed E-state index contributed by atoms with van der Waals surface area (Å²) in [5, 5.41) is 16.4. The van der Waals surface area contributed by atoms with Gasteiger partial charge in [-0.05, 0) is 19.8 Å². The Labute approximate surface area is 159 Å². The third-order valence-corrected chi connectivity index (χ3v) is 5.10. The molecule has 2 aromatic heterocycles. The molecule has 0 bridgehead atoms. The molecule has 1 N–H and O–H groups in total. The molecule has 1 saturated heterocycles. The van der Waals surface area contributed by atoms with E-state index >= 15 is 0 Å². The summed E-state index contributed by atoms with van der Waals surface area (Å²) < 4.78 is 10.00. The fourth-order valence-corrected chi connectivity index (χ4v) is 3.71. The molecule has 2 aliphatic rings. The van der Waals surface area contributed by atoms with Crippen molar-refractivity contribution in [2.75, 3.05) is 26.2 Å². The molecule has 1 unspecified atom stereocenters. The maximum Gasteiger partial charge on any atom is 0.194 e. The van der Waals surface area contributed by atoms with Crippen molar-refractivity contribution < 1.29 is 4.74 Å². The van der Waals surface area contributed by atoms with Crippen molar-refractivity contribution in [1.29, 1.82) is 0 Å². The number of aliphatic imine (C=N–C) groups is 1. The van der Waals surface area contributed by atoms with E-state index in [1.165, 1.54) is 12.8 Å². The fourth-order valence-electron chi connectivity index (χ4n) is 3.71. The van der Waals surface area contributed by atoms with Gasteiger partial charge in [0.05, 0.1) is 19.3 Å². The monoisotopic (exact) mass is 372 g/mol. The van der Waals surface area contributed by atoms with Gasteiger partial charge in [-0.15, -0.1) is 10.2 Å². The second-order valence-corrected chi connectivity index (χ2v) is 7.06. The zero-order valence-corrected chi connectivity index (χ0v) is 16.1. The van der Waals surface area contributed by atoms with Crippen LogP contribution in [0.25, 0.3) is 0 Å². The van der Waals surface area contributed by atoms with Crippen molar-refractivity contribution in [3.05, 3.63) is 29.6 Å². The summed E-state index contributed by atoms with van der Waals surface area (Å²) in [4.78, 5) is 7.11. The van der Waals surface area contributed by atoms with Crippen molar-refractivity contribution >= 4 is 5.96 Å². The number of aromatic nitrogens is 5. The van der Waals surface area contributed by atoms with E-state index in [0.29, 0.717) is 13.2 Å². The molecule has 0 spiro atoms. The molecular formula is C18H28N8O. The Kier molecular flexibility index (Phi) is 5.38. The van der Waals surface area contributed by atoms with E-state index < -0.39 is 0 Å². The van der Waals surface area contributed by atoms with E-state index in [9.17, 15) is 0 Å². The number of guanidine groups is 1. The molecule has 1 atom stereocenters. The zero-order chi connectivity index (χ0) is 18.6. The molecule has 4 heterocycles. The Bertz CT molecular complexity index is 795. The summed E-state index contributed by atoms with van der Waals surface area (Å²) in [6, 6.07) is 0. The van der Waals surface area contributed by atoms with Crippen LogP contribution < -0.4 is 5.32 Å². The number of hydrogen-bond acceptors (Lipinski definition) is 5. The molecule has 9 heteroatoms. The molecule has 0 aromatic carbocycles. The molecule has 4 rings (SSSR count). The first-order valence-electron chi connectivity index (χ1n) is 9.79. The number of nitrogens with one attached hydrogen (secondary N) is 1. The summed E-state index contributed by atoms with van der Waals surface area (Å²) in [5.74, 6) is 2.96. The molecule has 0 aliphatic carbocycles. The summed E-state index contributed by atoms with van der Waals surface area (Å²) in [6.07, 6.45) is 7.32. The molecule has 0 radical (unpaired) electrons. The highest BCUT2D eigenvalue weighted by atomic mass is 16.5. The van der Waals surface area contributed by atoms with Gasteiger partial charge in [-0.2, -0.15) is 5.10 Å². The van der Waals surface area contributed by atoms with Crippen LogP contribution in [0.3, 0.4) is 0 Å². The van der Waals surface area contributed by atoms with Gasteiger partial charge in [-0.1, -0.05) is 0 Å². The first-order valence-corrected chi connectivity index (χ1v) is 9.79. The molecule has 2 aliphatic heterocycles. The van der Waals surface area contributed by atoms with Crippen LogP contribution in [0.1, 0.15) is 43.1 Å². The number of nitrogens with zero attached hydrogens (tertiary/aromatic N) is 7. The second kappa shape index (κ2) is 8.08. The standard InChI is InChI=1S/C18H28N8O/c1-3-19-18(20-11-17-23-22-16-6-4-5-7-26(16)17)25-8-9-27-15(13-25)14-10-21-24(2)12-14/h10,12,15H,3-9,11,13H2,1-2H3,(H,19,20). The minimum Gasteiger partial charge on any atom is -0.370 e. The lowest BCUT2D eigenvalue weighted by atomic mass is 10.1. The molecule has 0 saturated carbocycles. The van der Waals surface area contributed by atoms with E-state index in [4.69, 9.17) is 9.73 Å². The normalized spacial score (nSPS) is 20.6. The van der Waals surface area contributed by atoms with E-state index in [1.807, 2.05) is 24.1 Å². The Balaban J connectivity index is 1.48. The summed E-state index contributed by atoms with van der Waals surface area (Å²) >= 11 is 0. The van der Waals surface area contributed by atoms with Gasteiger partial charge in [0.15, 0.2) is 11.8 Å². The maximum atomic E-state index is 5.96. The van der Waals surface area contributed by atoms with Crippen LogP contribution in [0.15, 0.2) is 17.4 Å². The summed E-state index contributed by atoms with van der Waals surface area (Å²) in [5.41, 5.74) is 1.10. The number of ether oxygens (including phenoxy) is 1. The van der Waals surface area contributed by atoms with Gasteiger partial charge in [0, 0.05) is 44.9 Å². The lowest BCUT2D eigenvalue weighted by molar-refractivity contribution is -0.00805. The van der Waals surface area contributed by atoms with Gasteiger partial charge in [-0.3, -0.25) is 4.68 Å². The lowest BCUT2D eigenvalue weighted by Gasteiger charge is -2.34. The van der Waals surface area contributed by atoms with Crippen LogP contribution in [-0.4, -0.2) is 61.6 Å². The first-order chi connectivity index (χ1) is 13.2. The maximum absolute atomic E-state index is 5.96. The summed E-state index contributed by atoms with van der Waals surface area (Å²) in [6.45, 7) is 6.72. The SMILES string of the molecule is CCNC(=NCc1nnc2n1CCCC2)N1CCOC(c2cnn(C)c2)C1. The Morgan fingerprint density at radius 2 is 2.26 bits per heavy atom. The smallest absolute Gasteiger partial charge is 0.194 e. The Morgan fingerprint density at radius 3 is 3.07 bits per heavy atom. The second-order valence-electron chi connectivity index (χ2n) is 7.06. The van der Waals surface area contributed by atoms with Crippen LogP contribution in [0.2, 0.25) is 0 Å². The predicted molar refractivity (Wildman–Crippen MR) is 101 cm³/mol. The minimum absolute atomic E-state index is 0.0113. The highest BCUT2D eigenvalue weighted by Gasteiger charge is 2.25. The number of aryl methyl sites for hydroxylation is 2. The molecule has 146 valence electrons. The van der Waals surface area contributed by atoms with Crippen molar-refractivity contribution in [2.45, 2.75) is 45.4 Å². The molecule has 9 nitrogen and oxygen atoms in total. The molecule has 27 heavy (non-hydrogen) atoms. The van der Waals surface area contributed by atoms with Crippen LogP contribution in [-0.2, 0) is 31.3 Å². The van der Waals surface area contributed by atoms with E-state index in [2.05, 4.69) is 37.0 Å². The van der Waals surface area contributed by atoms with E-state index in [0.717, 1.165) is 55.8 Å². The number of morpholine rings is 1. The topological polar surface area (TPSA) is 85.4 Å². The third-order valence-electron chi connectivity index (χ3n) is 5.10. The van der Waals surface area contributed by atoms with Crippen molar-refractivity contribution in [3.63, 3.8) is 0 Å². The largest absolute Gasteiger partial charge is 0.370 e. The average Bonchev–Trinajstić information content (AvgIpc) is 3.32. The van der Waals surface area contributed by atoms with Crippen molar-refractivity contribution in [3.8, 4) is 0 Å². The molecular weight excluding hydrogens is 344 g/mol. The Hall–Kier alpha value is -2.42. The van der Waals surface area contributed by atoms with Gasteiger partial charge < -0.3 is 19.5 Å². The van der Waals surface area contributed by atoms with Gasteiger partial charge in [0.25, 0.3) is 0 Å². The number of rotatable bonds is 4. The molecule has 2 aromatic rings. The Morgan fingerprint density at radius 1 is 1.33 bits per heavy atom. The van der Waals surface area contributed by atoms with Gasteiger partial charge in [0.2, 0.25) is 0 Å². The van der Waals surface area contributed by atoms with Gasteiger partial charge in [0.1, 0.15) is 18.5 Å². The van der Waals surface area contributed by atoms with Crippen LogP contribution in [0.5, 0.6) is 0 Å². The number of fused-ring (bicyclic) bond motifs is 1. The lowest BCUT2D eigenvalue weighted by Crippen LogP contribution is -2.48. The number of hydrogen-bond donors (Lipinski definition) is 1. The van der Waals surface area contributed by atoms with E-state index in [-0.39, 0.29) is 6.10 Å². The average molecular weight is 372 g/mol. The van der Waals surface area contributed by atoms with Crippen LogP contribution in [0, 0.1) is 0 Å². The zero-order valence-electron chi connectivity index (χ0n) is 16.1. The third kappa shape index (κ3) is 3.97. The van der Waals surface area contributed by atoms with Crippen molar-refractivity contribution in [2.24, 2.45) is 12.0 Å². The van der Waals surface area contributed by atoms with E-state index in [1.54, 1.807) is 0 Å². The summed E-state index contributed by atoms with van der Waals surface area (Å²) in [7, 11) is 1.93. The first kappa shape index (κ1) is 18.0. The molecule has 0 amide bonds. The van der Waals surface area contributed by atoms with Crippen LogP contribution in [0.4, 0.5) is 0 Å². The fraction of sp³-hybridized carbons (Fsp3) is 0.667. The minimum atomic E-state index is 0.0113. The molecule has 1 fully saturated rings. The van der Waals surface area contributed by atoms with Gasteiger partial charge >= 0.3 is 0 Å². The van der Waals surface area contributed by atoms with Crippen LogP contribution >= 0.6 is 0 Å². The quantitative estimate of drug-likeness (QED) is 0.634. The highest BCUT2D eigenvalue weighted by molar-refractivity contribution is 5.80.